The SMILES string of the molecule is Nc1cccc(-c2cc(C(=O)O)c3cc(Cl)ccc3n2)c1. The Bertz CT molecular complexity index is 862. The summed E-state index contributed by atoms with van der Waals surface area (Å²) in [5.74, 6) is -1.02. The molecule has 3 aromatic rings. The largest absolute Gasteiger partial charge is 0.478 e. The summed E-state index contributed by atoms with van der Waals surface area (Å²) in [6.07, 6.45) is 0. The number of nitrogens with zero attached hydrogens (tertiary/aromatic N) is 1. The molecule has 3 N–H and O–H groups in total. The van der Waals surface area contributed by atoms with Crippen LogP contribution in [-0.4, -0.2) is 16.1 Å². The van der Waals surface area contributed by atoms with Gasteiger partial charge in [0, 0.05) is 21.7 Å². The number of rotatable bonds is 2. The van der Waals surface area contributed by atoms with Crippen LogP contribution in [0.2, 0.25) is 5.02 Å². The highest BCUT2D eigenvalue weighted by Crippen LogP contribution is 2.27. The van der Waals surface area contributed by atoms with Crippen molar-refractivity contribution in [3.05, 3.63) is 59.1 Å². The first-order valence-electron chi connectivity index (χ1n) is 6.24. The minimum absolute atomic E-state index is 0.167. The Morgan fingerprint density at radius 2 is 1.95 bits per heavy atom. The fourth-order valence-electron chi connectivity index (χ4n) is 2.22. The van der Waals surface area contributed by atoms with Crippen molar-refractivity contribution in [3.63, 3.8) is 0 Å². The Morgan fingerprint density at radius 1 is 1.14 bits per heavy atom. The minimum Gasteiger partial charge on any atom is -0.478 e. The van der Waals surface area contributed by atoms with Gasteiger partial charge < -0.3 is 10.8 Å². The van der Waals surface area contributed by atoms with Crippen LogP contribution < -0.4 is 5.73 Å². The van der Waals surface area contributed by atoms with E-state index in [2.05, 4.69) is 4.98 Å². The zero-order valence-corrected chi connectivity index (χ0v) is 11.6. The number of anilines is 1. The maximum Gasteiger partial charge on any atom is 0.336 e. The van der Waals surface area contributed by atoms with Crippen molar-refractivity contribution in [2.24, 2.45) is 0 Å². The quantitative estimate of drug-likeness (QED) is 0.705. The van der Waals surface area contributed by atoms with Gasteiger partial charge in [0.15, 0.2) is 0 Å². The predicted molar refractivity (Wildman–Crippen MR) is 83.6 cm³/mol. The van der Waals surface area contributed by atoms with Gasteiger partial charge in [-0.25, -0.2) is 9.78 Å². The maximum atomic E-state index is 11.5. The molecule has 0 saturated carbocycles. The molecule has 0 radical (unpaired) electrons. The first-order chi connectivity index (χ1) is 10.0. The lowest BCUT2D eigenvalue weighted by Gasteiger charge is -2.08. The minimum atomic E-state index is -1.02. The molecule has 5 heteroatoms. The first kappa shape index (κ1) is 13.4. The number of hydrogen-bond acceptors (Lipinski definition) is 3. The van der Waals surface area contributed by atoms with Gasteiger partial charge in [-0.15, -0.1) is 0 Å². The zero-order chi connectivity index (χ0) is 15.0. The third-order valence-electron chi connectivity index (χ3n) is 3.18. The van der Waals surface area contributed by atoms with Crippen LogP contribution in [0.4, 0.5) is 5.69 Å². The van der Waals surface area contributed by atoms with E-state index in [-0.39, 0.29) is 5.56 Å². The molecular weight excluding hydrogens is 288 g/mol. The van der Waals surface area contributed by atoms with Crippen molar-refractivity contribution in [2.75, 3.05) is 5.73 Å². The molecule has 0 spiro atoms. The molecule has 104 valence electrons. The Kier molecular flexibility index (Phi) is 3.23. The van der Waals surface area contributed by atoms with Gasteiger partial charge in [0.25, 0.3) is 0 Å². The third kappa shape index (κ3) is 2.53. The Morgan fingerprint density at radius 3 is 2.67 bits per heavy atom. The van der Waals surface area contributed by atoms with Gasteiger partial charge in [0.1, 0.15) is 0 Å². The molecule has 0 saturated heterocycles. The summed E-state index contributed by atoms with van der Waals surface area (Å²) in [6.45, 7) is 0. The summed E-state index contributed by atoms with van der Waals surface area (Å²) in [4.78, 5) is 16.0. The molecule has 0 amide bonds. The molecule has 1 heterocycles. The van der Waals surface area contributed by atoms with Crippen molar-refractivity contribution < 1.29 is 9.90 Å². The molecular formula is C16H11ClN2O2. The Labute approximate surface area is 125 Å². The van der Waals surface area contributed by atoms with E-state index in [0.717, 1.165) is 5.56 Å². The van der Waals surface area contributed by atoms with E-state index in [4.69, 9.17) is 17.3 Å². The number of hydrogen-bond donors (Lipinski definition) is 2. The van der Waals surface area contributed by atoms with Crippen LogP contribution in [0.15, 0.2) is 48.5 Å². The number of aromatic carboxylic acids is 1. The molecule has 0 aliphatic carbocycles. The van der Waals surface area contributed by atoms with Gasteiger partial charge in [-0.1, -0.05) is 23.7 Å². The van der Waals surface area contributed by atoms with Crippen molar-refractivity contribution in [3.8, 4) is 11.3 Å². The lowest BCUT2D eigenvalue weighted by molar-refractivity contribution is 0.0699. The number of benzene rings is 2. The summed E-state index contributed by atoms with van der Waals surface area (Å²) in [5.41, 5.74) is 8.45. The molecule has 0 aliphatic heterocycles. The number of nitrogens with two attached hydrogens (primary N) is 1. The summed E-state index contributed by atoms with van der Waals surface area (Å²) >= 11 is 5.94. The molecule has 0 bridgehead atoms. The van der Waals surface area contributed by atoms with Crippen LogP contribution in [0.3, 0.4) is 0 Å². The molecule has 0 atom stereocenters. The van der Waals surface area contributed by atoms with Crippen molar-refractivity contribution in [1.82, 2.24) is 4.98 Å². The highest BCUT2D eigenvalue weighted by molar-refractivity contribution is 6.31. The van der Waals surface area contributed by atoms with E-state index >= 15 is 0 Å². The van der Waals surface area contributed by atoms with Crippen LogP contribution in [-0.2, 0) is 0 Å². The molecule has 3 rings (SSSR count). The molecule has 2 aromatic carbocycles. The van der Waals surface area contributed by atoms with E-state index in [1.54, 1.807) is 36.4 Å². The summed E-state index contributed by atoms with van der Waals surface area (Å²) < 4.78 is 0. The molecule has 1 aromatic heterocycles. The topological polar surface area (TPSA) is 76.2 Å². The zero-order valence-electron chi connectivity index (χ0n) is 10.9. The van der Waals surface area contributed by atoms with Gasteiger partial charge in [-0.05, 0) is 36.4 Å². The van der Waals surface area contributed by atoms with Crippen LogP contribution in [0.25, 0.3) is 22.2 Å². The van der Waals surface area contributed by atoms with Crippen molar-refractivity contribution >= 4 is 34.2 Å². The average Bonchev–Trinajstić information content (AvgIpc) is 2.46. The lowest BCUT2D eigenvalue weighted by atomic mass is 10.0. The average molecular weight is 299 g/mol. The normalized spacial score (nSPS) is 10.7. The van der Waals surface area contributed by atoms with Crippen LogP contribution in [0, 0.1) is 0 Å². The summed E-state index contributed by atoms with van der Waals surface area (Å²) in [5, 5.41) is 10.4. The summed E-state index contributed by atoms with van der Waals surface area (Å²) in [7, 11) is 0. The lowest BCUT2D eigenvalue weighted by Crippen LogP contribution is -2.00. The van der Waals surface area contributed by atoms with Crippen molar-refractivity contribution in [1.29, 1.82) is 0 Å². The Hall–Kier alpha value is -2.59. The Balaban J connectivity index is 2.31. The van der Waals surface area contributed by atoms with E-state index in [0.29, 0.717) is 27.3 Å². The number of aromatic nitrogens is 1. The fourth-order valence-corrected chi connectivity index (χ4v) is 2.39. The van der Waals surface area contributed by atoms with Crippen LogP contribution >= 0.6 is 11.6 Å². The first-order valence-corrected chi connectivity index (χ1v) is 6.62. The maximum absolute atomic E-state index is 11.5. The molecule has 0 aliphatic rings. The number of carbonyl (C=O) groups is 1. The second kappa shape index (κ2) is 5.07. The standard InChI is InChI=1S/C16H11ClN2O2/c17-10-4-5-14-12(7-10)13(16(20)21)8-15(19-14)9-2-1-3-11(18)6-9/h1-8H,18H2,(H,20,21). The molecule has 4 nitrogen and oxygen atoms in total. The molecule has 21 heavy (non-hydrogen) atoms. The van der Waals surface area contributed by atoms with E-state index in [1.807, 2.05) is 6.07 Å². The number of fused-ring (bicyclic) bond motifs is 1. The van der Waals surface area contributed by atoms with Gasteiger partial charge in [0.2, 0.25) is 0 Å². The van der Waals surface area contributed by atoms with Crippen molar-refractivity contribution in [2.45, 2.75) is 0 Å². The van der Waals surface area contributed by atoms with Crippen LogP contribution in [0.1, 0.15) is 10.4 Å². The second-order valence-corrected chi connectivity index (χ2v) is 5.08. The highest BCUT2D eigenvalue weighted by atomic mass is 35.5. The number of nitrogen functional groups attached to an aromatic ring is 1. The van der Waals surface area contributed by atoms with Gasteiger partial charge in [-0.2, -0.15) is 0 Å². The third-order valence-corrected chi connectivity index (χ3v) is 3.42. The highest BCUT2D eigenvalue weighted by Gasteiger charge is 2.13. The van der Waals surface area contributed by atoms with E-state index in [9.17, 15) is 9.90 Å². The predicted octanol–water partition coefficient (Wildman–Crippen LogP) is 3.84. The molecule has 0 fully saturated rings. The van der Waals surface area contributed by atoms with Gasteiger partial charge in [-0.3, -0.25) is 0 Å². The monoisotopic (exact) mass is 298 g/mol. The number of pyridine rings is 1. The molecule has 0 unspecified atom stereocenters. The second-order valence-electron chi connectivity index (χ2n) is 4.65. The number of halogens is 1. The van der Waals surface area contributed by atoms with E-state index in [1.165, 1.54) is 6.07 Å². The van der Waals surface area contributed by atoms with Gasteiger partial charge in [0.05, 0.1) is 16.8 Å². The van der Waals surface area contributed by atoms with Gasteiger partial charge >= 0.3 is 5.97 Å². The fraction of sp³-hybridized carbons (Fsp3) is 0. The number of carboxylic acids is 1. The smallest absolute Gasteiger partial charge is 0.336 e. The van der Waals surface area contributed by atoms with Crippen LogP contribution in [0.5, 0.6) is 0 Å². The summed E-state index contributed by atoms with van der Waals surface area (Å²) in [6, 6.07) is 13.7. The van der Waals surface area contributed by atoms with E-state index < -0.39 is 5.97 Å². The number of carboxylic acid groups (broad SMARTS) is 1.